The van der Waals surface area contributed by atoms with Crippen molar-refractivity contribution in [2.24, 2.45) is 0 Å². The molecule has 0 fully saturated rings. The van der Waals surface area contributed by atoms with Crippen molar-refractivity contribution >= 4 is 0 Å². The molecule has 0 spiro atoms. The number of hydrogen-bond donors (Lipinski definition) is 0. The number of unbranched alkanes of at least 4 members (excludes halogenated alkanes) is 12. The Balaban J connectivity index is 2.98. The molecule has 0 aromatic carbocycles. The first-order valence-electron chi connectivity index (χ1n) is 12.5. The molecule has 0 aliphatic rings. The summed E-state index contributed by atoms with van der Waals surface area (Å²) < 4.78 is 3.93. The van der Waals surface area contributed by atoms with Gasteiger partial charge in [0.1, 0.15) is 0 Å². The first-order valence-corrected chi connectivity index (χ1v) is 12.5. The Kier molecular flexibility index (Phi) is 14.2. The fourth-order valence-corrected chi connectivity index (χ4v) is 3.88. The average Bonchev–Trinajstić information content (AvgIpc) is 2.74. The molecule has 0 amide bonds. The third-order valence-corrected chi connectivity index (χ3v) is 5.84. The second-order valence-corrected chi connectivity index (χ2v) is 8.55. The molecule has 1 aromatic heterocycles. The van der Waals surface area contributed by atoms with Crippen LogP contribution in [-0.4, -0.2) is 13.7 Å². The van der Waals surface area contributed by atoms with Gasteiger partial charge in [-0.2, -0.15) is 0 Å². The summed E-state index contributed by atoms with van der Waals surface area (Å²) >= 11 is 0. The van der Waals surface area contributed by atoms with E-state index in [9.17, 15) is 14.4 Å². The van der Waals surface area contributed by atoms with Crippen molar-refractivity contribution < 1.29 is 0 Å². The average molecular weight is 424 g/mol. The van der Waals surface area contributed by atoms with E-state index in [4.69, 9.17) is 0 Å². The Hall–Kier alpha value is -1.59. The van der Waals surface area contributed by atoms with Crippen molar-refractivity contribution in [3.05, 3.63) is 31.5 Å². The summed E-state index contributed by atoms with van der Waals surface area (Å²) in [4.78, 5) is 38.8. The molecule has 0 unspecified atom stereocenters. The molecule has 0 N–H and O–H groups in total. The summed E-state index contributed by atoms with van der Waals surface area (Å²) in [6.45, 7) is 7.73. The van der Waals surface area contributed by atoms with Crippen LogP contribution >= 0.6 is 0 Å². The van der Waals surface area contributed by atoms with Crippen LogP contribution < -0.4 is 17.1 Å². The number of aromatic nitrogens is 3. The van der Waals surface area contributed by atoms with E-state index in [0.29, 0.717) is 19.6 Å². The quantitative estimate of drug-likeness (QED) is 0.309. The first kappa shape index (κ1) is 26.4. The lowest BCUT2D eigenvalue weighted by molar-refractivity contribution is 0.412. The third kappa shape index (κ3) is 9.05. The largest absolute Gasteiger partial charge is 0.336 e. The van der Waals surface area contributed by atoms with Crippen molar-refractivity contribution in [2.45, 2.75) is 137 Å². The van der Waals surface area contributed by atoms with Crippen LogP contribution in [0.2, 0.25) is 0 Å². The molecule has 0 bridgehead atoms. The highest BCUT2D eigenvalue weighted by atomic mass is 16.2. The lowest BCUT2D eigenvalue weighted by Crippen LogP contribution is -2.54. The fraction of sp³-hybridized carbons (Fsp3) is 0.875. The van der Waals surface area contributed by atoms with Crippen LogP contribution in [0, 0.1) is 0 Å². The van der Waals surface area contributed by atoms with Gasteiger partial charge in [0.05, 0.1) is 0 Å². The zero-order valence-corrected chi connectivity index (χ0v) is 19.8. The maximum atomic E-state index is 12.9. The van der Waals surface area contributed by atoms with Crippen LogP contribution in [0.1, 0.15) is 117 Å². The molecule has 1 rings (SSSR count). The van der Waals surface area contributed by atoms with Crippen molar-refractivity contribution in [2.75, 3.05) is 0 Å². The zero-order valence-electron chi connectivity index (χ0n) is 19.8. The standard InChI is InChI=1S/C24H45N3O3/c1-4-7-10-13-16-19-25-22(28)26(20-17-14-11-8-5-2)24(30)27(23(25)29)21-18-15-12-9-6-3/h4-21H2,1-3H3. The number of rotatable bonds is 18. The molecule has 0 saturated carbocycles. The summed E-state index contributed by atoms with van der Waals surface area (Å²) in [7, 11) is 0. The summed E-state index contributed by atoms with van der Waals surface area (Å²) in [5.41, 5.74) is -1.25. The second kappa shape index (κ2) is 16.1. The van der Waals surface area contributed by atoms with Gasteiger partial charge < -0.3 is 0 Å². The van der Waals surface area contributed by atoms with Crippen LogP contribution in [0.25, 0.3) is 0 Å². The summed E-state index contributed by atoms with van der Waals surface area (Å²) in [5.74, 6) is 0. The normalized spacial score (nSPS) is 11.3. The van der Waals surface area contributed by atoms with Gasteiger partial charge in [0.15, 0.2) is 0 Å². The molecule has 30 heavy (non-hydrogen) atoms. The SMILES string of the molecule is CCCCCCCn1c(=O)n(CCCCCCC)c(=O)n(CCCCCCC)c1=O. The molecule has 6 nitrogen and oxygen atoms in total. The van der Waals surface area contributed by atoms with Gasteiger partial charge in [0.2, 0.25) is 0 Å². The van der Waals surface area contributed by atoms with Crippen molar-refractivity contribution in [1.29, 1.82) is 0 Å². The van der Waals surface area contributed by atoms with Crippen LogP contribution in [-0.2, 0) is 19.6 Å². The van der Waals surface area contributed by atoms with E-state index in [1.165, 1.54) is 33.0 Å². The van der Waals surface area contributed by atoms with E-state index in [1.807, 2.05) is 0 Å². The smallest absolute Gasteiger partial charge is 0.247 e. The molecule has 1 heterocycles. The lowest BCUT2D eigenvalue weighted by Gasteiger charge is -2.14. The monoisotopic (exact) mass is 423 g/mol. The topological polar surface area (TPSA) is 66.0 Å². The molecule has 0 saturated heterocycles. The van der Waals surface area contributed by atoms with E-state index in [2.05, 4.69) is 20.8 Å². The Labute approximate surface area is 182 Å². The highest BCUT2D eigenvalue weighted by Gasteiger charge is 2.15. The second-order valence-electron chi connectivity index (χ2n) is 8.55. The number of hydrogen-bond acceptors (Lipinski definition) is 3. The molecule has 0 aliphatic heterocycles. The minimum atomic E-state index is -0.418. The minimum Gasteiger partial charge on any atom is -0.247 e. The van der Waals surface area contributed by atoms with Crippen LogP contribution in [0.5, 0.6) is 0 Å². The van der Waals surface area contributed by atoms with Gasteiger partial charge in [0, 0.05) is 19.6 Å². The summed E-state index contributed by atoms with van der Waals surface area (Å²) in [6, 6.07) is 0. The van der Waals surface area contributed by atoms with Gasteiger partial charge in [-0.3, -0.25) is 0 Å². The highest BCUT2D eigenvalue weighted by molar-refractivity contribution is 4.79. The third-order valence-electron chi connectivity index (χ3n) is 5.84. The van der Waals surface area contributed by atoms with Crippen molar-refractivity contribution in [1.82, 2.24) is 13.7 Å². The van der Waals surface area contributed by atoms with Gasteiger partial charge in [-0.15, -0.1) is 0 Å². The molecule has 6 heteroatoms. The predicted octanol–water partition coefficient (Wildman–Crippen LogP) is 5.08. The molecule has 1 aromatic rings. The predicted molar refractivity (Wildman–Crippen MR) is 125 cm³/mol. The van der Waals surface area contributed by atoms with Gasteiger partial charge >= 0.3 is 17.1 Å². The summed E-state index contributed by atoms with van der Waals surface area (Å²) in [5, 5.41) is 0. The molecule has 174 valence electrons. The van der Waals surface area contributed by atoms with Gasteiger partial charge in [-0.1, -0.05) is 97.8 Å². The molecule has 0 atom stereocenters. The molecular weight excluding hydrogens is 378 g/mol. The Morgan fingerprint density at radius 2 is 0.633 bits per heavy atom. The van der Waals surface area contributed by atoms with Gasteiger partial charge in [-0.05, 0) is 19.3 Å². The zero-order chi connectivity index (χ0) is 22.2. The number of nitrogens with zero attached hydrogens (tertiary/aromatic N) is 3. The molecular formula is C24H45N3O3. The van der Waals surface area contributed by atoms with Crippen LogP contribution in [0.15, 0.2) is 14.4 Å². The lowest BCUT2D eigenvalue weighted by atomic mass is 10.1. The maximum Gasteiger partial charge on any atom is 0.336 e. The molecule has 0 aliphatic carbocycles. The highest BCUT2D eigenvalue weighted by Crippen LogP contribution is 2.05. The minimum absolute atomic E-state index is 0.410. The van der Waals surface area contributed by atoms with Crippen LogP contribution in [0.3, 0.4) is 0 Å². The van der Waals surface area contributed by atoms with E-state index >= 15 is 0 Å². The maximum absolute atomic E-state index is 12.9. The fourth-order valence-electron chi connectivity index (χ4n) is 3.88. The summed E-state index contributed by atoms with van der Waals surface area (Å²) in [6.07, 6.45) is 15.8. The Morgan fingerprint density at radius 3 is 0.867 bits per heavy atom. The molecule has 0 radical (unpaired) electrons. The Bertz CT molecular complexity index is 615. The van der Waals surface area contributed by atoms with Crippen molar-refractivity contribution in [3.63, 3.8) is 0 Å². The van der Waals surface area contributed by atoms with Gasteiger partial charge in [0.25, 0.3) is 0 Å². The van der Waals surface area contributed by atoms with E-state index in [0.717, 1.165) is 77.0 Å². The van der Waals surface area contributed by atoms with Crippen LogP contribution in [0.4, 0.5) is 0 Å². The Morgan fingerprint density at radius 1 is 0.400 bits per heavy atom. The van der Waals surface area contributed by atoms with Gasteiger partial charge in [-0.25, -0.2) is 28.1 Å². The van der Waals surface area contributed by atoms with E-state index in [-0.39, 0.29) is 0 Å². The van der Waals surface area contributed by atoms with E-state index < -0.39 is 17.1 Å². The first-order chi connectivity index (χ1) is 14.6. The van der Waals surface area contributed by atoms with Crippen molar-refractivity contribution in [3.8, 4) is 0 Å². The van der Waals surface area contributed by atoms with E-state index in [1.54, 1.807) is 0 Å².